The lowest BCUT2D eigenvalue weighted by Gasteiger charge is -2.24. The first-order chi connectivity index (χ1) is 15.9. The Morgan fingerprint density at radius 3 is 2.12 bits per heavy atom. The summed E-state index contributed by atoms with van der Waals surface area (Å²) >= 11 is 0. The Labute approximate surface area is 190 Å². The molecule has 4 nitrogen and oxygen atoms in total. The van der Waals surface area contributed by atoms with Gasteiger partial charge in [-0.25, -0.2) is 8.78 Å². The summed E-state index contributed by atoms with van der Waals surface area (Å²) in [7, 11) is 0. The van der Waals surface area contributed by atoms with Gasteiger partial charge in [0.05, 0.1) is 13.0 Å². The normalized spacial score (nSPS) is 14.0. The second-order valence-corrected chi connectivity index (χ2v) is 7.87. The molecule has 33 heavy (non-hydrogen) atoms. The maximum atomic E-state index is 13.9. The average molecular weight is 447 g/mol. The van der Waals surface area contributed by atoms with Crippen molar-refractivity contribution in [1.29, 1.82) is 0 Å². The van der Waals surface area contributed by atoms with Crippen LogP contribution in [-0.4, -0.2) is 29.3 Å². The first-order valence-corrected chi connectivity index (χ1v) is 10.6. The zero-order valence-electron chi connectivity index (χ0n) is 18.1. The molecule has 0 unspecified atom stereocenters. The second kappa shape index (κ2) is 9.38. The molecule has 3 aromatic carbocycles. The van der Waals surface area contributed by atoms with Gasteiger partial charge in [-0.15, -0.1) is 0 Å². The van der Waals surface area contributed by atoms with E-state index in [-0.39, 0.29) is 18.8 Å². The van der Waals surface area contributed by atoms with Crippen molar-refractivity contribution in [3.05, 3.63) is 101 Å². The van der Waals surface area contributed by atoms with E-state index < -0.39 is 11.8 Å². The van der Waals surface area contributed by atoms with Crippen LogP contribution in [0.15, 0.2) is 72.3 Å². The third-order valence-corrected chi connectivity index (χ3v) is 5.76. The van der Waals surface area contributed by atoms with Crippen LogP contribution >= 0.6 is 0 Å². The molecule has 0 saturated heterocycles. The largest absolute Gasteiger partial charge is 0.481 e. The topological polar surface area (TPSA) is 60.8 Å². The Morgan fingerprint density at radius 1 is 0.909 bits per heavy atom. The standard InChI is InChI=1S/C27H23F2NO3/c1-17-24(23-11-6-20(29)15-26(23)25(17)16-27(32)33)14-18-2-7-21(8-3-18)30(12-13-31)22-9-4-19(28)5-10-22/h2-11,14-15,31H,12-13,16H2,1H3,(H,32,33)/b24-14-. The maximum Gasteiger partial charge on any atom is 0.307 e. The van der Waals surface area contributed by atoms with Crippen molar-refractivity contribution in [1.82, 2.24) is 0 Å². The number of aliphatic hydroxyl groups excluding tert-OH is 1. The number of nitrogens with zero attached hydrogens (tertiary/aromatic N) is 1. The minimum absolute atomic E-state index is 0.0626. The highest BCUT2D eigenvalue weighted by atomic mass is 19.1. The van der Waals surface area contributed by atoms with E-state index in [1.165, 1.54) is 24.3 Å². The van der Waals surface area contributed by atoms with Crippen LogP contribution in [-0.2, 0) is 4.79 Å². The highest BCUT2D eigenvalue weighted by molar-refractivity contribution is 6.07. The Balaban J connectivity index is 1.69. The number of carbonyl (C=O) groups is 1. The Hall–Kier alpha value is -3.77. The first-order valence-electron chi connectivity index (χ1n) is 10.6. The molecule has 0 atom stereocenters. The van der Waals surface area contributed by atoms with Crippen molar-refractivity contribution in [3.63, 3.8) is 0 Å². The van der Waals surface area contributed by atoms with Gasteiger partial charge in [0.1, 0.15) is 11.6 Å². The van der Waals surface area contributed by atoms with Gasteiger partial charge in [-0.3, -0.25) is 4.79 Å². The molecule has 0 radical (unpaired) electrons. The summed E-state index contributed by atoms with van der Waals surface area (Å²) in [6, 6.07) is 18.2. The van der Waals surface area contributed by atoms with Gasteiger partial charge in [-0.2, -0.15) is 0 Å². The van der Waals surface area contributed by atoms with Gasteiger partial charge in [0, 0.05) is 17.9 Å². The van der Waals surface area contributed by atoms with Crippen molar-refractivity contribution >= 4 is 34.6 Å². The zero-order valence-corrected chi connectivity index (χ0v) is 18.1. The van der Waals surface area contributed by atoms with E-state index in [0.29, 0.717) is 17.7 Å². The predicted octanol–water partition coefficient (Wildman–Crippen LogP) is 5.90. The molecule has 0 bridgehead atoms. The highest BCUT2D eigenvalue weighted by Crippen LogP contribution is 2.44. The van der Waals surface area contributed by atoms with E-state index >= 15 is 0 Å². The first kappa shape index (κ1) is 22.4. The predicted molar refractivity (Wildman–Crippen MR) is 126 cm³/mol. The molecule has 1 aliphatic rings. The number of rotatable bonds is 7. The van der Waals surface area contributed by atoms with Crippen molar-refractivity contribution < 1.29 is 23.8 Å². The monoisotopic (exact) mass is 447 g/mol. The van der Waals surface area contributed by atoms with Crippen LogP contribution in [0.3, 0.4) is 0 Å². The van der Waals surface area contributed by atoms with Gasteiger partial charge in [0.2, 0.25) is 0 Å². The molecule has 1 aliphatic carbocycles. The molecule has 0 aliphatic heterocycles. The lowest BCUT2D eigenvalue weighted by Crippen LogP contribution is -2.20. The number of hydrogen-bond donors (Lipinski definition) is 2. The number of carboxylic acids is 1. The smallest absolute Gasteiger partial charge is 0.307 e. The van der Waals surface area contributed by atoms with Gasteiger partial charge in [-0.05, 0) is 94.9 Å². The number of hydrogen-bond acceptors (Lipinski definition) is 3. The molecule has 2 N–H and O–H groups in total. The molecule has 6 heteroatoms. The number of anilines is 2. The minimum Gasteiger partial charge on any atom is -0.481 e. The highest BCUT2D eigenvalue weighted by Gasteiger charge is 2.25. The van der Waals surface area contributed by atoms with Crippen molar-refractivity contribution in [2.75, 3.05) is 18.1 Å². The summed E-state index contributed by atoms with van der Waals surface area (Å²) in [5, 5.41) is 18.8. The molecule has 0 fully saturated rings. The van der Waals surface area contributed by atoms with Crippen LogP contribution in [0.1, 0.15) is 30.0 Å². The van der Waals surface area contributed by atoms with Gasteiger partial charge < -0.3 is 15.1 Å². The third-order valence-electron chi connectivity index (χ3n) is 5.76. The van der Waals surface area contributed by atoms with Gasteiger partial charge in [0.25, 0.3) is 0 Å². The molecule has 0 amide bonds. The van der Waals surface area contributed by atoms with Crippen LogP contribution in [0.2, 0.25) is 0 Å². The van der Waals surface area contributed by atoms with Gasteiger partial charge >= 0.3 is 5.97 Å². The Bertz CT molecular complexity index is 1250. The zero-order chi connectivity index (χ0) is 23.5. The summed E-state index contributed by atoms with van der Waals surface area (Å²) in [6.07, 6.45) is 1.78. The van der Waals surface area contributed by atoms with Crippen LogP contribution in [0.5, 0.6) is 0 Å². The number of allylic oxidation sites excluding steroid dienone is 2. The molecule has 0 aromatic heterocycles. The SMILES string of the molecule is CC1=C(CC(=O)O)c2cc(F)ccc2/C1=C\c1ccc(N(CCO)c2ccc(F)cc2)cc1. The average Bonchev–Trinajstić information content (AvgIpc) is 3.03. The van der Waals surface area contributed by atoms with Crippen molar-refractivity contribution in [3.8, 4) is 0 Å². The van der Waals surface area contributed by atoms with Crippen LogP contribution in [0.25, 0.3) is 17.2 Å². The lowest BCUT2D eigenvalue weighted by molar-refractivity contribution is -0.135. The van der Waals surface area contributed by atoms with Crippen LogP contribution in [0.4, 0.5) is 20.2 Å². The minimum atomic E-state index is -0.963. The number of aliphatic hydroxyl groups is 1. The fourth-order valence-electron chi connectivity index (χ4n) is 4.18. The summed E-state index contributed by atoms with van der Waals surface area (Å²) in [5.41, 5.74) is 6.21. The summed E-state index contributed by atoms with van der Waals surface area (Å²) in [4.78, 5) is 13.2. The number of carboxylic acid groups (broad SMARTS) is 1. The van der Waals surface area contributed by atoms with Crippen molar-refractivity contribution in [2.24, 2.45) is 0 Å². The van der Waals surface area contributed by atoms with E-state index in [9.17, 15) is 23.8 Å². The molecular formula is C27H23F2NO3. The fourth-order valence-corrected chi connectivity index (χ4v) is 4.18. The molecule has 0 spiro atoms. The number of fused-ring (bicyclic) bond motifs is 1. The van der Waals surface area contributed by atoms with E-state index in [0.717, 1.165) is 33.6 Å². The van der Waals surface area contributed by atoms with Gasteiger partial charge in [0.15, 0.2) is 0 Å². The Morgan fingerprint density at radius 2 is 1.52 bits per heavy atom. The lowest BCUT2D eigenvalue weighted by atomic mass is 10.0. The molecule has 0 saturated carbocycles. The molecular weight excluding hydrogens is 424 g/mol. The summed E-state index contributed by atoms with van der Waals surface area (Å²) in [5.74, 6) is -1.69. The van der Waals surface area contributed by atoms with E-state index in [4.69, 9.17) is 0 Å². The number of halogens is 2. The van der Waals surface area contributed by atoms with Crippen LogP contribution in [0, 0.1) is 11.6 Å². The summed E-state index contributed by atoms with van der Waals surface area (Å²) in [6.45, 7) is 2.15. The third kappa shape index (κ3) is 4.71. The van der Waals surface area contributed by atoms with Crippen molar-refractivity contribution in [2.45, 2.75) is 13.3 Å². The Kier molecular flexibility index (Phi) is 6.38. The van der Waals surface area contributed by atoms with E-state index in [1.807, 2.05) is 42.2 Å². The summed E-state index contributed by atoms with van der Waals surface area (Å²) < 4.78 is 27.2. The molecule has 4 rings (SSSR count). The van der Waals surface area contributed by atoms with E-state index in [1.54, 1.807) is 18.2 Å². The number of aliphatic carboxylic acids is 1. The fraction of sp³-hybridized carbons (Fsp3) is 0.148. The van der Waals surface area contributed by atoms with Gasteiger partial charge in [-0.1, -0.05) is 18.2 Å². The second-order valence-electron chi connectivity index (χ2n) is 7.87. The van der Waals surface area contributed by atoms with E-state index in [2.05, 4.69) is 0 Å². The molecule has 168 valence electrons. The molecule has 3 aromatic rings. The number of benzene rings is 3. The molecule has 0 heterocycles. The quantitative estimate of drug-likeness (QED) is 0.474. The van der Waals surface area contributed by atoms with Crippen LogP contribution < -0.4 is 4.90 Å². The maximum absolute atomic E-state index is 13.9.